The number of hydrogen-bond acceptors (Lipinski definition) is 4. The highest BCUT2D eigenvalue weighted by atomic mass is 15.3. The van der Waals surface area contributed by atoms with E-state index in [4.69, 9.17) is 0 Å². The standard InChI is InChI=1S/C22H30N6/c1-4-28-18(3)21(13-25-28)16-26-11-5-6-19(14-26)15-27-17(2)12-24-22(27)20-7-9-23-10-8-20/h7-10,12-13,19H,4-6,11,14-16H2,1-3H3. The van der Waals surface area contributed by atoms with E-state index in [0.29, 0.717) is 5.92 Å². The Morgan fingerprint density at radius 2 is 1.96 bits per heavy atom. The third-order valence-corrected chi connectivity index (χ3v) is 5.94. The second kappa shape index (κ2) is 8.27. The van der Waals surface area contributed by atoms with Gasteiger partial charge in [-0.1, -0.05) is 0 Å². The maximum atomic E-state index is 4.67. The zero-order chi connectivity index (χ0) is 19.5. The molecule has 0 bridgehead atoms. The molecule has 1 aliphatic rings. The second-order valence-corrected chi connectivity index (χ2v) is 7.88. The lowest BCUT2D eigenvalue weighted by atomic mass is 9.97. The van der Waals surface area contributed by atoms with Crippen LogP contribution in [0.15, 0.2) is 36.9 Å². The number of imidazole rings is 1. The van der Waals surface area contributed by atoms with Crippen molar-refractivity contribution in [1.29, 1.82) is 0 Å². The maximum absolute atomic E-state index is 4.67. The average Bonchev–Trinajstić information content (AvgIpc) is 3.26. The van der Waals surface area contributed by atoms with Crippen LogP contribution >= 0.6 is 0 Å². The molecule has 1 fully saturated rings. The monoisotopic (exact) mass is 378 g/mol. The molecule has 0 radical (unpaired) electrons. The molecule has 1 atom stereocenters. The Morgan fingerprint density at radius 3 is 2.71 bits per heavy atom. The summed E-state index contributed by atoms with van der Waals surface area (Å²) in [6, 6.07) is 4.08. The Hall–Kier alpha value is -2.47. The van der Waals surface area contributed by atoms with Gasteiger partial charge >= 0.3 is 0 Å². The van der Waals surface area contributed by atoms with Gasteiger partial charge in [0.2, 0.25) is 0 Å². The number of aromatic nitrogens is 5. The van der Waals surface area contributed by atoms with E-state index in [0.717, 1.165) is 37.6 Å². The summed E-state index contributed by atoms with van der Waals surface area (Å²) in [6.07, 6.45) is 10.2. The smallest absolute Gasteiger partial charge is 0.140 e. The molecular weight excluding hydrogens is 348 g/mol. The van der Waals surface area contributed by atoms with Gasteiger partial charge in [-0.3, -0.25) is 14.6 Å². The van der Waals surface area contributed by atoms with Gasteiger partial charge < -0.3 is 4.57 Å². The highest BCUT2D eigenvalue weighted by Crippen LogP contribution is 2.25. The highest BCUT2D eigenvalue weighted by molar-refractivity contribution is 5.55. The van der Waals surface area contributed by atoms with Gasteiger partial charge in [0.25, 0.3) is 0 Å². The fourth-order valence-electron chi connectivity index (χ4n) is 4.33. The minimum Gasteiger partial charge on any atom is -0.328 e. The summed E-state index contributed by atoms with van der Waals surface area (Å²) in [5.41, 5.74) is 5.02. The SMILES string of the molecule is CCn1ncc(CN2CCCC(Cn3c(C)cnc3-c3ccncc3)C2)c1C. The van der Waals surface area contributed by atoms with Crippen LogP contribution in [0.4, 0.5) is 0 Å². The molecule has 0 N–H and O–H groups in total. The number of rotatable bonds is 6. The van der Waals surface area contributed by atoms with Crippen LogP contribution in [0.3, 0.4) is 0 Å². The summed E-state index contributed by atoms with van der Waals surface area (Å²) < 4.78 is 4.47. The lowest BCUT2D eigenvalue weighted by molar-refractivity contribution is 0.155. The quantitative estimate of drug-likeness (QED) is 0.656. The molecule has 1 saturated heterocycles. The predicted molar refractivity (Wildman–Crippen MR) is 111 cm³/mol. The summed E-state index contributed by atoms with van der Waals surface area (Å²) in [4.78, 5) is 11.4. The minimum absolute atomic E-state index is 0.642. The van der Waals surface area contributed by atoms with Crippen LogP contribution in [0, 0.1) is 19.8 Å². The summed E-state index contributed by atoms with van der Waals surface area (Å²) >= 11 is 0. The summed E-state index contributed by atoms with van der Waals surface area (Å²) in [7, 11) is 0. The van der Waals surface area contributed by atoms with E-state index in [-0.39, 0.29) is 0 Å². The second-order valence-electron chi connectivity index (χ2n) is 7.88. The molecule has 148 valence electrons. The molecule has 0 saturated carbocycles. The van der Waals surface area contributed by atoms with Gasteiger partial charge in [-0.25, -0.2) is 4.98 Å². The Balaban J connectivity index is 1.46. The molecule has 0 spiro atoms. The fraction of sp³-hybridized carbons (Fsp3) is 0.500. The molecule has 0 aromatic carbocycles. The molecule has 1 unspecified atom stereocenters. The number of likely N-dealkylation sites (tertiary alicyclic amines) is 1. The van der Waals surface area contributed by atoms with Crippen molar-refractivity contribution in [3.8, 4) is 11.4 Å². The van der Waals surface area contributed by atoms with Crippen LogP contribution in [0.5, 0.6) is 0 Å². The highest BCUT2D eigenvalue weighted by Gasteiger charge is 2.23. The molecule has 3 aromatic heterocycles. The van der Waals surface area contributed by atoms with E-state index in [2.05, 4.69) is 50.0 Å². The zero-order valence-corrected chi connectivity index (χ0v) is 17.2. The third-order valence-electron chi connectivity index (χ3n) is 5.94. The Labute approximate surface area is 167 Å². The third kappa shape index (κ3) is 3.87. The van der Waals surface area contributed by atoms with Crippen LogP contribution in [0.1, 0.15) is 36.7 Å². The lowest BCUT2D eigenvalue weighted by Crippen LogP contribution is -2.36. The molecule has 6 heteroatoms. The molecule has 0 aliphatic carbocycles. The maximum Gasteiger partial charge on any atom is 0.140 e. The van der Waals surface area contributed by atoms with E-state index < -0.39 is 0 Å². The Kier molecular flexibility index (Phi) is 5.57. The van der Waals surface area contributed by atoms with Gasteiger partial charge in [0.1, 0.15) is 5.82 Å². The predicted octanol–water partition coefficient (Wildman–Crippen LogP) is 3.69. The van der Waals surface area contributed by atoms with E-state index in [1.165, 1.54) is 36.3 Å². The van der Waals surface area contributed by atoms with Crippen molar-refractivity contribution >= 4 is 0 Å². The number of piperidine rings is 1. The van der Waals surface area contributed by atoms with Crippen molar-refractivity contribution in [2.45, 2.75) is 53.2 Å². The molecule has 0 amide bonds. The first-order valence-corrected chi connectivity index (χ1v) is 10.3. The van der Waals surface area contributed by atoms with E-state index in [1.54, 1.807) is 0 Å². The lowest BCUT2D eigenvalue weighted by Gasteiger charge is -2.33. The molecule has 4 heterocycles. The summed E-state index contributed by atoms with van der Waals surface area (Å²) in [5, 5.41) is 4.51. The van der Waals surface area contributed by atoms with E-state index >= 15 is 0 Å². The molecular formula is C22H30N6. The van der Waals surface area contributed by atoms with Gasteiger partial charge in [-0.15, -0.1) is 0 Å². The van der Waals surface area contributed by atoms with Crippen LogP contribution in [0.2, 0.25) is 0 Å². The fourth-order valence-corrected chi connectivity index (χ4v) is 4.33. The number of aryl methyl sites for hydroxylation is 2. The van der Waals surface area contributed by atoms with Gasteiger partial charge in [0.05, 0.1) is 6.20 Å². The van der Waals surface area contributed by atoms with Crippen LogP contribution in [-0.4, -0.2) is 42.3 Å². The van der Waals surface area contributed by atoms with Crippen molar-refractivity contribution in [2.75, 3.05) is 13.1 Å². The van der Waals surface area contributed by atoms with Crippen molar-refractivity contribution in [3.05, 3.63) is 53.9 Å². The molecule has 3 aromatic rings. The van der Waals surface area contributed by atoms with Crippen molar-refractivity contribution in [2.24, 2.45) is 5.92 Å². The average molecular weight is 379 g/mol. The van der Waals surface area contributed by atoms with Gasteiger partial charge in [0.15, 0.2) is 0 Å². The summed E-state index contributed by atoms with van der Waals surface area (Å²) in [6.45, 7) is 11.7. The van der Waals surface area contributed by atoms with Crippen molar-refractivity contribution in [1.82, 2.24) is 29.2 Å². The Morgan fingerprint density at radius 1 is 1.14 bits per heavy atom. The number of pyridine rings is 1. The first-order valence-electron chi connectivity index (χ1n) is 10.3. The normalized spacial score (nSPS) is 17.9. The van der Waals surface area contributed by atoms with Crippen LogP contribution < -0.4 is 0 Å². The first-order chi connectivity index (χ1) is 13.7. The van der Waals surface area contributed by atoms with Gasteiger partial charge in [-0.2, -0.15) is 5.10 Å². The summed E-state index contributed by atoms with van der Waals surface area (Å²) in [5.74, 6) is 1.70. The zero-order valence-electron chi connectivity index (χ0n) is 17.2. The first kappa shape index (κ1) is 18.9. The van der Waals surface area contributed by atoms with E-state index in [1.807, 2.05) is 36.9 Å². The van der Waals surface area contributed by atoms with Gasteiger partial charge in [0, 0.05) is 67.3 Å². The Bertz CT molecular complexity index is 911. The molecule has 6 nitrogen and oxygen atoms in total. The topological polar surface area (TPSA) is 51.8 Å². The largest absolute Gasteiger partial charge is 0.328 e. The molecule has 4 rings (SSSR count). The number of hydrogen-bond donors (Lipinski definition) is 0. The van der Waals surface area contributed by atoms with Crippen LogP contribution in [0.25, 0.3) is 11.4 Å². The van der Waals surface area contributed by atoms with Gasteiger partial charge in [-0.05, 0) is 58.2 Å². The molecule has 1 aliphatic heterocycles. The molecule has 28 heavy (non-hydrogen) atoms. The van der Waals surface area contributed by atoms with Crippen LogP contribution in [-0.2, 0) is 19.6 Å². The van der Waals surface area contributed by atoms with Crippen molar-refractivity contribution in [3.63, 3.8) is 0 Å². The number of nitrogens with zero attached hydrogens (tertiary/aromatic N) is 6. The minimum atomic E-state index is 0.642. The van der Waals surface area contributed by atoms with Crippen molar-refractivity contribution < 1.29 is 0 Å². The van der Waals surface area contributed by atoms with E-state index in [9.17, 15) is 0 Å².